The summed E-state index contributed by atoms with van der Waals surface area (Å²) in [6.45, 7) is 17.1. The molecule has 4 aliphatic heterocycles. The molecular weight excluding hydrogens is 1220 g/mol. The maximum Gasteiger partial charge on any atom is 0.324 e. The predicted molar refractivity (Wildman–Crippen MR) is 380 cm³/mol. The van der Waals surface area contributed by atoms with Crippen molar-refractivity contribution in [3.05, 3.63) is 190 Å². The first-order chi connectivity index (χ1) is 47.3. The molecule has 4 N–H and O–H groups in total. The molecule has 12 atom stereocenters. The average molecular weight is 1330 g/mol. The summed E-state index contributed by atoms with van der Waals surface area (Å²) in [4.78, 5) is 33.2. The molecule has 0 amide bonds. The van der Waals surface area contributed by atoms with Gasteiger partial charge in [-0.25, -0.2) is 0 Å². The van der Waals surface area contributed by atoms with E-state index in [9.17, 15) is 19.8 Å². The lowest BCUT2D eigenvalue weighted by Gasteiger charge is -2.66. The summed E-state index contributed by atoms with van der Waals surface area (Å²) in [5.74, 6) is 2.71. The van der Waals surface area contributed by atoms with E-state index in [0.717, 1.165) is 137 Å². The molecule has 2 saturated heterocycles. The molecule has 4 bridgehead atoms. The van der Waals surface area contributed by atoms with Gasteiger partial charge in [0.25, 0.3) is 0 Å². The van der Waals surface area contributed by atoms with Crippen LogP contribution in [0.25, 0.3) is 0 Å². The third-order valence-corrected chi connectivity index (χ3v) is 23.8. The van der Waals surface area contributed by atoms with Gasteiger partial charge in [-0.2, -0.15) is 0 Å². The van der Waals surface area contributed by atoms with Crippen molar-refractivity contribution in [2.75, 3.05) is 39.4 Å². The zero-order valence-corrected chi connectivity index (χ0v) is 58.7. The van der Waals surface area contributed by atoms with Crippen LogP contribution in [-0.2, 0) is 77.9 Å². The molecule has 98 heavy (non-hydrogen) atoms. The van der Waals surface area contributed by atoms with Crippen LogP contribution in [0.1, 0.15) is 163 Å². The second-order valence-electron chi connectivity index (χ2n) is 32.6. The third-order valence-electron chi connectivity index (χ3n) is 23.8. The number of ether oxygens (including phenoxy) is 6. The number of aromatic hydroxyl groups is 2. The van der Waals surface area contributed by atoms with Gasteiger partial charge in [0, 0.05) is 61.6 Å². The van der Waals surface area contributed by atoms with E-state index in [0.29, 0.717) is 37.6 Å². The van der Waals surface area contributed by atoms with Crippen LogP contribution < -0.4 is 20.1 Å². The lowest BCUT2D eigenvalue weighted by molar-refractivity contribution is -0.221. The number of piperidine rings is 2. The Morgan fingerprint density at radius 3 is 1.22 bits per heavy atom. The van der Waals surface area contributed by atoms with E-state index in [1.807, 2.05) is 90.1 Å². The first kappa shape index (κ1) is 67.1. The number of carbonyl (C=O) groups is 2. The Hall–Kier alpha value is -6.78. The van der Waals surface area contributed by atoms with E-state index >= 15 is 0 Å². The summed E-state index contributed by atoms with van der Waals surface area (Å²) >= 11 is 0. The molecule has 14 nitrogen and oxygen atoms in total. The number of carbonyl (C=O) groups excluding carboxylic acids is 2. The van der Waals surface area contributed by atoms with Crippen LogP contribution in [0.2, 0.25) is 0 Å². The number of aryl methyl sites for hydroxylation is 2. The Morgan fingerprint density at radius 2 is 0.867 bits per heavy atom. The minimum Gasteiger partial charge on any atom is -0.504 e. The standard InChI is InChI=1S/2C42H52N2O5/c2*1-40(2,3)49-39(46)33(25-29-13-8-5-9-14-29)43-32-20-21-42(47-24-10-15-28-11-6-4-7-12-28)35-26-31-18-19-34(45)37-36(31)41(42,38(32)48-37)22-23-44(35)27-30-16-17-30/h2*4-9,11-14,18-19,30,32-33,35,38,43,45H,10,15-17,20-27H2,1-3H3/t32-,33+,35?,38+,41+,42-;32-,33-,35?,38-,41-,42+/m10/s1. The Bertz CT molecular complexity index is 3550. The van der Waals surface area contributed by atoms with Gasteiger partial charge in [-0.05, 0) is 228 Å². The summed E-state index contributed by atoms with van der Waals surface area (Å²) in [5, 5.41) is 30.3. The van der Waals surface area contributed by atoms with Crippen molar-refractivity contribution in [2.24, 2.45) is 11.8 Å². The highest BCUT2D eigenvalue weighted by Gasteiger charge is 2.76. The number of phenolic OH excluding ortho intramolecular Hbond substituents is 2. The number of benzene rings is 6. The van der Waals surface area contributed by atoms with E-state index in [4.69, 9.17) is 28.4 Å². The molecule has 14 heteroatoms. The molecule has 6 aliphatic carbocycles. The van der Waals surface area contributed by atoms with Gasteiger partial charge in [0.1, 0.15) is 35.5 Å². The molecular formula is C84H104N4O10. The number of rotatable bonds is 24. The zero-order chi connectivity index (χ0) is 67.6. The highest BCUT2D eigenvalue weighted by Crippen LogP contribution is 2.69. The molecule has 520 valence electrons. The quantitative estimate of drug-likeness (QED) is 0.0335. The summed E-state index contributed by atoms with van der Waals surface area (Å²) < 4.78 is 40.9. The smallest absolute Gasteiger partial charge is 0.324 e. The molecule has 6 fully saturated rings. The van der Waals surface area contributed by atoms with Crippen molar-refractivity contribution in [1.29, 1.82) is 0 Å². The number of hydrogen-bond acceptors (Lipinski definition) is 14. The second kappa shape index (κ2) is 27.0. The van der Waals surface area contributed by atoms with Crippen molar-refractivity contribution >= 4 is 11.9 Å². The number of likely N-dealkylation sites (tertiary alicyclic amines) is 2. The highest BCUT2D eigenvalue weighted by molar-refractivity contribution is 5.77. The minimum absolute atomic E-state index is 0.129. The van der Waals surface area contributed by atoms with Crippen molar-refractivity contribution in [3.8, 4) is 23.0 Å². The number of nitrogens with one attached hydrogen (secondary N) is 2. The largest absolute Gasteiger partial charge is 0.504 e. The first-order valence-electron chi connectivity index (χ1n) is 37.3. The zero-order valence-electron chi connectivity index (χ0n) is 58.7. The van der Waals surface area contributed by atoms with Crippen LogP contribution >= 0.6 is 0 Å². The Kier molecular flexibility index (Phi) is 18.4. The van der Waals surface area contributed by atoms with E-state index in [-0.39, 0.29) is 59.8 Å². The maximum atomic E-state index is 13.9. The van der Waals surface area contributed by atoms with Gasteiger partial charge in [0.05, 0.1) is 22.0 Å². The molecule has 2 spiro atoms. The van der Waals surface area contributed by atoms with E-state index < -0.39 is 45.3 Å². The molecule has 6 aromatic carbocycles. The predicted octanol–water partition coefficient (Wildman–Crippen LogP) is 13.0. The van der Waals surface area contributed by atoms with E-state index in [1.165, 1.54) is 47.9 Å². The molecule has 2 unspecified atom stereocenters. The topological polar surface area (TPSA) is 161 Å². The molecule has 4 saturated carbocycles. The van der Waals surface area contributed by atoms with Crippen LogP contribution in [0.4, 0.5) is 0 Å². The Balaban J connectivity index is 0.000000160. The maximum absolute atomic E-state index is 13.9. The Morgan fingerprint density at radius 1 is 0.500 bits per heavy atom. The molecule has 6 aromatic rings. The monoisotopic (exact) mass is 1330 g/mol. The van der Waals surface area contributed by atoms with Gasteiger partial charge >= 0.3 is 11.9 Å². The SMILES string of the molecule is CC(C)(C)OC(=O)[C@H](Cc1ccccc1)N[C@@H]1CC[C@@]2(OCCCc3ccccc3)C3Cc4ccc(O)c5c4[C@@]2(CCN3CC2CC2)[C@H]1O5.CC(C)(C)OC(=O)[C@H](Cc1ccccc1)N[C@H]1CC[C@@]2(OCCCc3ccccc3)C3Cc4ccc(O)c5c4[C@@]2(CCN3CC2CC2)[C@H]1O5. The van der Waals surface area contributed by atoms with Gasteiger partial charge in [0.15, 0.2) is 23.0 Å². The fourth-order valence-electron chi connectivity index (χ4n) is 19.6. The average Bonchev–Trinajstić information content (AvgIpc) is 1.61. The van der Waals surface area contributed by atoms with E-state index in [2.05, 4.69) is 117 Å². The van der Waals surface area contributed by atoms with Crippen molar-refractivity contribution < 1.29 is 48.2 Å². The molecule has 16 rings (SSSR count). The van der Waals surface area contributed by atoms with Gasteiger partial charge in [-0.1, -0.05) is 133 Å². The number of phenols is 2. The normalized spacial score (nSPS) is 29.2. The lowest BCUT2D eigenvalue weighted by atomic mass is 9.48. The second-order valence-corrected chi connectivity index (χ2v) is 32.6. The van der Waals surface area contributed by atoms with Gasteiger partial charge in [-0.15, -0.1) is 0 Å². The fraction of sp³-hybridized carbons (Fsp3) is 0.548. The summed E-state index contributed by atoms with van der Waals surface area (Å²) in [5.41, 5.74) is 6.71. The van der Waals surface area contributed by atoms with Gasteiger partial charge < -0.3 is 38.6 Å². The van der Waals surface area contributed by atoms with Crippen LogP contribution in [0.3, 0.4) is 0 Å². The van der Waals surface area contributed by atoms with Crippen molar-refractivity contribution in [1.82, 2.24) is 20.4 Å². The van der Waals surface area contributed by atoms with Crippen molar-refractivity contribution in [3.63, 3.8) is 0 Å². The molecule has 0 radical (unpaired) electrons. The van der Waals surface area contributed by atoms with Crippen LogP contribution in [0, 0.1) is 11.8 Å². The number of nitrogens with zero attached hydrogens (tertiary/aromatic N) is 2. The summed E-state index contributed by atoms with van der Waals surface area (Å²) in [7, 11) is 0. The van der Waals surface area contributed by atoms with Crippen LogP contribution in [0.15, 0.2) is 146 Å². The van der Waals surface area contributed by atoms with E-state index in [1.54, 1.807) is 0 Å². The van der Waals surface area contributed by atoms with Crippen LogP contribution in [0.5, 0.6) is 23.0 Å². The summed E-state index contributed by atoms with van der Waals surface area (Å²) in [6.07, 6.45) is 16.5. The number of esters is 2. The third kappa shape index (κ3) is 12.8. The minimum atomic E-state index is -0.604. The lowest BCUT2D eigenvalue weighted by Crippen LogP contribution is -2.79. The van der Waals surface area contributed by atoms with Crippen LogP contribution in [-0.4, -0.2) is 142 Å². The number of hydrogen-bond donors (Lipinski definition) is 4. The Labute approximate surface area is 580 Å². The van der Waals surface area contributed by atoms with Gasteiger partial charge in [0.2, 0.25) is 0 Å². The van der Waals surface area contributed by atoms with Gasteiger partial charge in [-0.3, -0.25) is 30.0 Å². The fourth-order valence-corrected chi connectivity index (χ4v) is 19.6. The van der Waals surface area contributed by atoms with Crippen molar-refractivity contribution in [2.45, 2.75) is 239 Å². The molecule has 10 aliphatic rings. The summed E-state index contributed by atoms with van der Waals surface area (Å²) in [6, 6.07) is 48.7. The molecule has 0 aromatic heterocycles. The first-order valence-corrected chi connectivity index (χ1v) is 37.3. The molecule has 4 heterocycles. The highest BCUT2D eigenvalue weighted by atomic mass is 16.6.